The Morgan fingerprint density at radius 1 is 0.944 bits per heavy atom. The monoisotopic (exact) mass is 254 g/mol. The molecule has 1 rings (SSSR count). The van der Waals surface area contributed by atoms with Gasteiger partial charge in [-0.2, -0.15) is 0 Å². The third kappa shape index (κ3) is 4.89. The highest BCUT2D eigenvalue weighted by atomic mass is 15.2. The first kappa shape index (κ1) is 16.0. The third-order valence-electron chi connectivity index (χ3n) is 4.41. The summed E-state index contributed by atoms with van der Waals surface area (Å²) in [6.07, 6.45) is 11.8. The van der Waals surface area contributed by atoms with Crippen LogP contribution < -0.4 is 5.73 Å². The molecule has 0 atom stereocenters. The van der Waals surface area contributed by atoms with Crippen LogP contribution in [0.3, 0.4) is 0 Å². The highest BCUT2D eigenvalue weighted by molar-refractivity contribution is 4.84. The Hall–Kier alpha value is -0.0800. The van der Waals surface area contributed by atoms with Gasteiger partial charge in [0.25, 0.3) is 0 Å². The first-order valence-corrected chi connectivity index (χ1v) is 8.24. The summed E-state index contributed by atoms with van der Waals surface area (Å²) >= 11 is 0. The molecule has 1 aliphatic rings. The molecule has 2 N–H and O–H groups in total. The molecule has 0 amide bonds. The lowest BCUT2D eigenvalue weighted by Gasteiger charge is -2.41. The molecule has 1 saturated carbocycles. The van der Waals surface area contributed by atoms with Crippen LogP contribution in [0.25, 0.3) is 0 Å². The van der Waals surface area contributed by atoms with Gasteiger partial charge in [0.15, 0.2) is 0 Å². The molecule has 18 heavy (non-hydrogen) atoms. The van der Waals surface area contributed by atoms with Crippen molar-refractivity contribution in [3.63, 3.8) is 0 Å². The van der Waals surface area contributed by atoms with Gasteiger partial charge >= 0.3 is 0 Å². The van der Waals surface area contributed by atoms with E-state index in [4.69, 9.17) is 5.73 Å². The highest BCUT2D eigenvalue weighted by Crippen LogP contribution is 2.26. The molecule has 0 aromatic carbocycles. The Balaban J connectivity index is 2.59. The Kier molecular flexibility index (Phi) is 7.92. The van der Waals surface area contributed by atoms with Crippen LogP contribution in [0.15, 0.2) is 0 Å². The van der Waals surface area contributed by atoms with Gasteiger partial charge in [-0.05, 0) is 51.5 Å². The van der Waals surface area contributed by atoms with Crippen LogP contribution in [0.4, 0.5) is 0 Å². The number of nitrogens with two attached hydrogens (primary N) is 1. The van der Waals surface area contributed by atoms with Crippen molar-refractivity contribution in [3.8, 4) is 0 Å². The summed E-state index contributed by atoms with van der Waals surface area (Å²) in [7, 11) is 0. The van der Waals surface area contributed by atoms with Crippen molar-refractivity contribution >= 4 is 0 Å². The smallest absolute Gasteiger partial charge is 0.00993 e. The van der Waals surface area contributed by atoms with Crippen LogP contribution in [0.1, 0.15) is 78.6 Å². The molecule has 1 aliphatic carbocycles. The van der Waals surface area contributed by atoms with Crippen LogP contribution in [-0.2, 0) is 0 Å². The predicted octanol–water partition coefficient (Wildman–Crippen LogP) is 3.94. The maximum Gasteiger partial charge on any atom is 0.00993 e. The molecule has 2 heteroatoms. The number of nitrogens with zero attached hydrogens (tertiary/aromatic N) is 1. The lowest BCUT2D eigenvalue weighted by molar-refractivity contribution is 0.0880. The summed E-state index contributed by atoms with van der Waals surface area (Å²) in [6, 6.07) is 2.10. The van der Waals surface area contributed by atoms with E-state index in [0.29, 0.717) is 6.04 Å². The molecule has 0 aliphatic heterocycles. The molecule has 0 spiro atoms. The molecule has 0 bridgehead atoms. The second kappa shape index (κ2) is 8.92. The van der Waals surface area contributed by atoms with Gasteiger partial charge in [-0.1, -0.05) is 33.6 Å². The minimum Gasteiger partial charge on any atom is -0.328 e. The Labute approximate surface area is 114 Å². The van der Waals surface area contributed by atoms with Gasteiger partial charge < -0.3 is 5.73 Å². The van der Waals surface area contributed by atoms with Gasteiger partial charge in [-0.15, -0.1) is 0 Å². The van der Waals surface area contributed by atoms with E-state index in [1.807, 2.05) is 0 Å². The van der Waals surface area contributed by atoms with Gasteiger partial charge in [0.1, 0.15) is 0 Å². The predicted molar refractivity (Wildman–Crippen MR) is 80.8 cm³/mol. The van der Waals surface area contributed by atoms with Crippen molar-refractivity contribution in [1.82, 2.24) is 4.90 Å². The largest absolute Gasteiger partial charge is 0.328 e. The van der Waals surface area contributed by atoms with Crippen molar-refractivity contribution in [2.24, 2.45) is 5.73 Å². The number of hydrogen-bond acceptors (Lipinski definition) is 2. The summed E-state index contributed by atoms with van der Waals surface area (Å²) in [5, 5.41) is 0. The lowest BCUT2D eigenvalue weighted by Crippen LogP contribution is -2.46. The maximum atomic E-state index is 6.05. The van der Waals surface area contributed by atoms with Gasteiger partial charge in [0.2, 0.25) is 0 Å². The SMILES string of the molecule is CCCC(CCC)N(CCC)C1CCC(N)CC1. The standard InChI is InChI=1S/C16H34N2/c1-4-7-15(8-5-2)18(13-6-3)16-11-9-14(17)10-12-16/h14-16H,4-13,17H2,1-3H3. The molecular formula is C16H34N2. The van der Waals surface area contributed by atoms with Crippen molar-refractivity contribution in [3.05, 3.63) is 0 Å². The van der Waals surface area contributed by atoms with Crippen LogP contribution in [-0.4, -0.2) is 29.6 Å². The Morgan fingerprint density at radius 3 is 1.94 bits per heavy atom. The van der Waals surface area contributed by atoms with Crippen LogP contribution in [0.5, 0.6) is 0 Å². The molecule has 0 aromatic heterocycles. The van der Waals surface area contributed by atoms with E-state index in [-0.39, 0.29) is 0 Å². The average molecular weight is 254 g/mol. The van der Waals surface area contributed by atoms with Crippen molar-refractivity contribution in [2.75, 3.05) is 6.54 Å². The zero-order valence-electron chi connectivity index (χ0n) is 12.8. The number of hydrogen-bond donors (Lipinski definition) is 1. The first-order chi connectivity index (χ1) is 8.72. The molecule has 2 nitrogen and oxygen atoms in total. The fraction of sp³-hybridized carbons (Fsp3) is 1.00. The minimum atomic E-state index is 0.473. The average Bonchev–Trinajstić information content (AvgIpc) is 2.37. The van der Waals surface area contributed by atoms with Crippen molar-refractivity contribution < 1.29 is 0 Å². The zero-order valence-corrected chi connectivity index (χ0v) is 12.8. The van der Waals surface area contributed by atoms with E-state index < -0.39 is 0 Å². The lowest BCUT2D eigenvalue weighted by atomic mass is 9.88. The van der Waals surface area contributed by atoms with E-state index in [1.54, 1.807) is 0 Å². The highest BCUT2D eigenvalue weighted by Gasteiger charge is 2.27. The Morgan fingerprint density at radius 2 is 1.50 bits per heavy atom. The quantitative estimate of drug-likeness (QED) is 0.711. The van der Waals surface area contributed by atoms with E-state index in [9.17, 15) is 0 Å². The summed E-state index contributed by atoms with van der Waals surface area (Å²) in [4.78, 5) is 2.83. The zero-order chi connectivity index (χ0) is 13.4. The van der Waals surface area contributed by atoms with Gasteiger partial charge in [-0.3, -0.25) is 4.90 Å². The molecule has 1 fully saturated rings. The fourth-order valence-electron chi connectivity index (χ4n) is 3.50. The summed E-state index contributed by atoms with van der Waals surface area (Å²) in [6.45, 7) is 8.24. The molecule has 0 saturated heterocycles. The van der Waals surface area contributed by atoms with E-state index in [1.165, 1.54) is 64.3 Å². The topological polar surface area (TPSA) is 29.3 Å². The molecule has 0 aromatic rings. The second-order valence-corrected chi connectivity index (χ2v) is 6.04. The molecule has 0 radical (unpaired) electrons. The fourth-order valence-corrected chi connectivity index (χ4v) is 3.50. The molecular weight excluding hydrogens is 220 g/mol. The first-order valence-electron chi connectivity index (χ1n) is 8.24. The summed E-state index contributed by atoms with van der Waals surface area (Å²) in [5.74, 6) is 0. The van der Waals surface area contributed by atoms with Crippen LogP contribution in [0.2, 0.25) is 0 Å². The summed E-state index contributed by atoms with van der Waals surface area (Å²) in [5.41, 5.74) is 6.05. The van der Waals surface area contributed by atoms with E-state index in [0.717, 1.165) is 12.1 Å². The van der Waals surface area contributed by atoms with Crippen LogP contribution in [0, 0.1) is 0 Å². The van der Waals surface area contributed by atoms with Gasteiger partial charge in [-0.25, -0.2) is 0 Å². The second-order valence-electron chi connectivity index (χ2n) is 6.04. The van der Waals surface area contributed by atoms with Gasteiger partial charge in [0.05, 0.1) is 0 Å². The van der Waals surface area contributed by atoms with E-state index >= 15 is 0 Å². The molecule has 108 valence electrons. The summed E-state index contributed by atoms with van der Waals surface area (Å²) < 4.78 is 0. The van der Waals surface area contributed by atoms with Crippen molar-refractivity contribution in [1.29, 1.82) is 0 Å². The third-order valence-corrected chi connectivity index (χ3v) is 4.41. The van der Waals surface area contributed by atoms with Gasteiger partial charge in [0, 0.05) is 18.1 Å². The normalized spacial score (nSPS) is 25.0. The maximum absolute atomic E-state index is 6.05. The molecule has 0 unspecified atom stereocenters. The molecule has 0 heterocycles. The van der Waals surface area contributed by atoms with E-state index in [2.05, 4.69) is 25.7 Å². The minimum absolute atomic E-state index is 0.473. The number of rotatable bonds is 8. The van der Waals surface area contributed by atoms with Crippen molar-refractivity contribution in [2.45, 2.75) is 96.7 Å². The van der Waals surface area contributed by atoms with Crippen LogP contribution >= 0.6 is 0 Å². The Bertz CT molecular complexity index is 191.